The normalized spacial score (nSPS) is 16.4. The predicted octanol–water partition coefficient (Wildman–Crippen LogP) is 15.0. The summed E-state index contributed by atoms with van der Waals surface area (Å²) in [4.78, 5) is 10.9. The van der Waals surface area contributed by atoms with Crippen molar-refractivity contribution in [3.05, 3.63) is 275 Å². The van der Waals surface area contributed by atoms with Crippen LogP contribution in [0.3, 0.4) is 0 Å². The van der Waals surface area contributed by atoms with E-state index in [0.717, 1.165) is 103 Å². The highest BCUT2D eigenvalue weighted by Gasteiger charge is 2.48. The molecule has 310 valence electrons. The van der Waals surface area contributed by atoms with E-state index in [2.05, 4.69) is 231 Å². The van der Waals surface area contributed by atoms with E-state index in [0.29, 0.717) is 5.82 Å². The third kappa shape index (κ3) is 5.98. The molecule has 0 saturated heterocycles. The van der Waals surface area contributed by atoms with Gasteiger partial charge >= 0.3 is 0 Å². The summed E-state index contributed by atoms with van der Waals surface area (Å²) < 4.78 is 14.3. The molecule has 8 aromatic carbocycles. The number of rotatable bonds is 7. The minimum absolute atomic E-state index is 0.628. The SMILES string of the molecule is Cc1ccccc1-c1nc(-c2cccc3c2Oc2ccccc2C3(C2=CCCC=C2)c2ccccc2)cc(-c2cccc3c2Oc2ccccc2C3(c2ccccc2)c2ccccc2)n1. The van der Waals surface area contributed by atoms with Crippen molar-refractivity contribution in [1.29, 1.82) is 0 Å². The molecule has 1 aromatic heterocycles. The Labute approximate surface area is 379 Å². The molecule has 0 fully saturated rings. The summed E-state index contributed by atoms with van der Waals surface area (Å²) in [5, 5.41) is 0. The molecule has 0 spiro atoms. The van der Waals surface area contributed by atoms with E-state index in [9.17, 15) is 0 Å². The fourth-order valence-corrected chi connectivity index (χ4v) is 10.7. The highest BCUT2D eigenvalue weighted by molar-refractivity contribution is 5.84. The second kappa shape index (κ2) is 15.6. The Hall–Kier alpha value is -8.08. The number of nitrogens with zero attached hydrogens (tertiary/aromatic N) is 2. The Bertz CT molecular complexity index is 3300. The van der Waals surface area contributed by atoms with Crippen LogP contribution in [-0.2, 0) is 10.8 Å². The zero-order valence-corrected chi connectivity index (χ0v) is 36.0. The Morgan fingerprint density at radius 2 is 0.862 bits per heavy atom. The van der Waals surface area contributed by atoms with Crippen molar-refractivity contribution in [3.8, 4) is 56.9 Å². The van der Waals surface area contributed by atoms with Gasteiger partial charge in [-0.15, -0.1) is 0 Å². The molecule has 3 heterocycles. The van der Waals surface area contributed by atoms with Crippen LogP contribution in [0.5, 0.6) is 23.0 Å². The van der Waals surface area contributed by atoms with Crippen LogP contribution >= 0.6 is 0 Å². The van der Waals surface area contributed by atoms with Gasteiger partial charge in [-0.2, -0.15) is 0 Å². The second-order valence-corrected chi connectivity index (χ2v) is 17.1. The highest BCUT2D eigenvalue weighted by Crippen LogP contribution is 2.60. The van der Waals surface area contributed by atoms with Gasteiger partial charge in [0, 0.05) is 38.9 Å². The summed E-state index contributed by atoms with van der Waals surface area (Å²) in [5.41, 5.74) is 13.0. The van der Waals surface area contributed by atoms with Crippen LogP contribution in [0, 0.1) is 6.92 Å². The van der Waals surface area contributed by atoms with Crippen molar-refractivity contribution < 1.29 is 9.47 Å². The number of aryl methyl sites for hydroxylation is 1. The number of fused-ring (bicyclic) bond motifs is 4. The average molecular weight is 837 g/mol. The summed E-state index contributed by atoms with van der Waals surface area (Å²) in [7, 11) is 0. The molecule has 0 amide bonds. The van der Waals surface area contributed by atoms with Crippen LogP contribution in [0.4, 0.5) is 0 Å². The number of ether oxygens (including phenoxy) is 2. The fourth-order valence-electron chi connectivity index (χ4n) is 10.7. The minimum Gasteiger partial charge on any atom is -0.456 e. The topological polar surface area (TPSA) is 44.2 Å². The van der Waals surface area contributed by atoms with Crippen LogP contribution in [0.1, 0.15) is 57.3 Å². The lowest BCUT2D eigenvalue weighted by Gasteiger charge is -2.43. The first-order valence-corrected chi connectivity index (χ1v) is 22.5. The van der Waals surface area contributed by atoms with Crippen molar-refractivity contribution in [2.45, 2.75) is 30.6 Å². The van der Waals surface area contributed by atoms with Gasteiger partial charge < -0.3 is 9.47 Å². The summed E-state index contributed by atoms with van der Waals surface area (Å²) >= 11 is 0. The summed E-state index contributed by atoms with van der Waals surface area (Å²) in [6.07, 6.45) is 9.01. The smallest absolute Gasteiger partial charge is 0.160 e. The number of hydrogen-bond acceptors (Lipinski definition) is 4. The summed E-state index contributed by atoms with van der Waals surface area (Å²) in [5.74, 6) is 3.80. The molecule has 12 rings (SSSR count). The third-order valence-corrected chi connectivity index (χ3v) is 13.6. The molecule has 9 aromatic rings. The van der Waals surface area contributed by atoms with Gasteiger partial charge in [0.25, 0.3) is 0 Å². The van der Waals surface area contributed by atoms with Gasteiger partial charge in [-0.25, -0.2) is 9.97 Å². The summed E-state index contributed by atoms with van der Waals surface area (Å²) in [6.45, 7) is 2.12. The lowest BCUT2D eigenvalue weighted by atomic mass is 9.62. The van der Waals surface area contributed by atoms with Crippen LogP contribution in [0.25, 0.3) is 33.9 Å². The molecular formula is C61H44N2O2. The Kier molecular flexibility index (Phi) is 9.27. The maximum absolute atomic E-state index is 7.16. The number of allylic oxidation sites excluding steroid dienone is 4. The molecule has 0 N–H and O–H groups in total. The van der Waals surface area contributed by atoms with Gasteiger partial charge in [0.2, 0.25) is 0 Å². The average Bonchev–Trinajstić information content (AvgIpc) is 3.38. The van der Waals surface area contributed by atoms with Gasteiger partial charge in [0.1, 0.15) is 23.0 Å². The first kappa shape index (κ1) is 38.6. The van der Waals surface area contributed by atoms with E-state index in [1.54, 1.807) is 0 Å². The Morgan fingerprint density at radius 1 is 0.415 bits per heavy atom. The molecule has 4 heteroatoms. The first-order chi connectivity index (χ1) is 32.2. The lowest BCUT2D eigenvalue weighted by molar-refractivity contribution is 0.435. The minimum atomic E-state index is -0.680. The maximum atomic E-state index is 7.16. The van der Waals surface area contributed by atoms with Gasteiger partial charge in [0.05, 0.1) is 22.2 Å². The first-order valence-electron chi connectivity index (χ1n) is 22.5. The van der Waals surface area contributed by atoms with Gasteiger partial charge in [-0.05, 0) is 77.9 Å². The standard InChI is InChI=1S/C61H44N2O2/c1-41-22-14-15-31-46(41)59-62-53(47-32-20-36-51-57(47)64-55-38-18-16-34-49(55)60(51,42-23-6-2-7-24-42)43-25-8-3-9-26-43)40-54(63-59)48-33-21-37-52-58(48)65-56-39-19-17-35-50(56)61(52,44-27-10-4-11-28-44)45-29-12-5-13-30-45/h2-4,6-12,14-40H,5,13H2,1H3. The van der Waals surface area contributed by atoms with Gasteiger partial charge in [0.15, 0.2) is 5.82 Å². The Balaban J connectivity index is 1.14. The zero-order chi connectivity index (χ0) is 43.4. The molecule has 0 radical (unpaired) electrons. The number of para-hydroxylation sites is 4. The predicted molar refractivity (Wildman–Crippen MR) is 261 cm³/mol. The van der Waals surface area contributed by atoms with E-state index < -0.39 is 10.8 Å². The molecule has 1 aliphatic carbocycles. The lowest BCUT2D eigenvalue weighted by Crippen LogP contribution is -2.35. The van der Waals surface area contributed by atoms with Crippen LogP contribution in [-0.4, -0.2) is 9.97 Å². The van der Waals surface area contributed by atoms with E-state index in [4.69, 9.17) is 19.4 Å². The Morgan fingerprint density at radius 3 is 1.40 bits per heavy atom. The van der Waals surface area contributed by atoms with Crippen molar-refractivity contribution in [2.24, 2.45) is 0 Å². The highest BCUT2D eigenvalue weighted by atomic mass is 16.5. The quantitative estimate of drug-likeness (QED) is 0.160. The molecule has 0 saturated carbocycles. The van der Waals surface area contributed by atoms with E-state index in [1.165, 1.54) is 11.1 Å². The molecule has 1 atom stereocenters. The van der Waals surface area contributed by atoms with Gasteiger partial charge in [-0.3, -0.25) is 0 Å². The molecular weight excluding hydrogens is 793 g/mol. The van der Waals surface area contributed by atoms with Crippen LogP contribution < -0.4 is 9.47 Å². The molecule has 2 aliphatic heterocycles. The second-order valence-electron chi connectivity index (χ2n) is 17.1. The van der Waals surface area contributed by atoms with E-state index in [1.807, 2.05) is 0 Å². The molecule has 0 bridgehead atoms. The van der Waals surface area contributed by atoms with E-state index >= 15 is 0 Å². The summed E-state index contributed by atoms with van der Waals surface area (Å²) in [6, 6.07) is 72.9. The molecule has 3 aliphatic rings. The van der Waals surface area contributed by atoms with Crippen LogP contribution in [0.2, 0.25) is 0 Å². The fraction of sp³-hybridized carbons (Fsp3) is 0.0820. The largest absolute Gasteiger partial charge is 0.456 e. The van der Waals surface area contributed by atoms with Gasteiger partial charge in [-0.1, -0.05) is 194 Å². The number of aromatic nitrogens is 2. The molecule has 1 unspecified atom stereocenters. The van der Waals surface area contributed by atoms with E-state index in [-0.39, 0.29) is 0 Å². The van der Waals surface area contributed by atoms with Crippen molar-refractivity contribution in [2.75, 3.05) is 0 Å². The maximum Gasteiger partial charge on any atom is 0.160 e. The monoisotopic (exact) mass is 836 g/mol. The number of benzene rings is 8. The van der Waals surface area contributed by atoms with Crippen molar-refractivity contribution in [1.82, 2.24) is 9.97 Å². The van der Waals surface area contributed by atoms with Crippen molar-refractivity contribution >= 4 is 0 Å². The zero-order valence-electron chi connectivity index (χ0n) is 36.0. The third-order valence-electron chi connectivity index (χ3n) is 13.6. The molecule has 65 heavy (non-hydrogen) atoms. The molecule has 4 nitrogen and oxygen atoms in total. The van der Waals surface area contributed by atoms with Crippen molar-refractivity contribution in [3.63, 3.8) is 0 Å². The number of hydrogen-bond donors (Lipinski definition) is 0. The van der Waals surface area contributed by atoms with Crippen LogP contribution in [0.15, 0.2) is 230 Å².